The molecule has 7 heavy (non-hydrogen) atoms. The van der Waals surface area contributed by atoms with Crippen molar-refractivity contribution in [1.82, 2.24) is 0 Å². The molecule has 0 aromatic carbocycles. The lowest BCUT2D eigenvalue weighted by molar-refractivity contribution is 0.705. The van der Waals surface area contributed by atoms with Gasteiger partial charge in [0.25, 0.3) is 0 Å². The smallest absolute Gasteiger partial charge is 0.0196 e. The third kappa shape index (κ3) is 0.425. The van der Waals surface area contributed by atoms with Crippen molar-refractivity contribution in [2.45, 2.75) is 12.8 Å². The number of allylic oxidation sites excluding steroid dienone is 2. The Morgan fingerprint density at radius 3 is 1.71 bits per heavy atom. The molecule has 1 fully saturated rings. The first-order chi connectivity index (χ1) is 3.45. The molecule has 0 unspecified atom stereocenters. The number of fused-ring (bicyclic) bond motifs is 2. The van der Waals surface area contributed by atoms with Crippen LogP contribution in [-0.2, 0) is 0 Å². The van der Waals surface area contributed by atoms with Crippen LogP contribution in [0.5, 0.6) is 0 Å². The summed E-state index contributed by atoms with van der Waals surface area (Å²) in [6.45, 7) is 0. The summed E-state index contributed by atoms with van der Waals surface area (Å²) in [4.78, 5) is 0. The SMILES string of the molecule is [CH]1[C@@H]2C=C[C@H]1CC2. The standard InChI is InChI=1S/C7H9/c1-2-7-4-3-6(1)5-7/h1-2,5-7H,3-4H2/t6-,7+. The van der Waals surface area contributed by atoms with Crippen LogP contribution in [-0.4, -0.2) is 0 Å². The van der Waals surface area contributed by atoms with Crippen LogP contribution in [0.2, 0.25) is 0 Å². The van der Waals surface area contributed by atoms with E-state index < -0.39 is 0 Å². The van der Waals surface area contributed by atoms with Crippen LogP contribution in [0.4, 0.5) is 0 Å². The second-order valence-electron chi connectivity index (χ2n) is 2.48. The van der Waals surface area contributed by atoms with E-state index in [2.05, 4.69) is 18.6 Å². The van der Waals surface area contributed by atoms with Crippen LogP contribution in [0.15, 0.2) is 12.2 Å². The number of rotatable bonds is 0. The number of hydrogen-bond donors (Lipinski definition) is 0. The third-order valence-corrected chi connectivity index (χ3v) is 1.93. The molecule has 0 saturated heterocycles. The molecule has 0 N–H and O–H groups in total. The molecule has 0 heterocycles. The first-order valence-electron chi connectivity index (χ1n) is 2.98. The lowest BCUT2D eigenvalue weighted by Crippen LogP contribution is -1.82. The highest BCUT2D eigenvalue weighted by molar-refractivity contribution is 5.16. The van der Waals surface area contributed by atoms with E-state index in [-0.39, 0.29) is 0 Å². The summed E-state index contributed by atoms with van der Waals surface area (Å²) < 4.78 is 0. The van der Waals surface area contributed by atoms with Gasteiger partial charge in [-0.25, -0.2) is 0 Å². The molecule has 0 nitrogen and oxygen atoms in total. The second kappa shape index (κ2) is 1.12. The minimum Gasteiger partial charge on any atom is -0.0848 e. The van der Waals surface area contributed by atoms with Crippen molar-refractivity contribution in [2.24, 2.45) is 11.8 Å². The van der Waals surface area contributed by atoms with Gasteiger partial charge in [0, 0.05) is 0 Å². The molecule has 37 valence electrons. The molecule has 0 heteroatoms. The fourth-order valence-corrected chi connectivity index (χ4v) is 1.50. The van der Waals surface area contributed by atoms with Gasteiger partial charge in [0.15, 0.2) is 0 Å². The molecule has 2 atom stereocenters. The van der Waals surface area contributed by atoms with Gasteiger partial charge in [-0.3, -0.25) is 0 Å². The lowest BCUT2D eigenvalue weighted by atomic mass is 10.1. The van der Waals surface area contributed by atoms with Crippen LogP contribution < -0.4 is 0 Å². The summed E-state index contributed by atoms with van der Waals surface area (Å²) in [5.74, 6) is 1.73. The molecule has 0 amide bonds. The first-order valence-corrected chi connectivity index (χ1v) is 2.98. The monoisotopic (exact) mass is 93.1 g/mol. The van der Waals surface area contributed by atoms with Gasteiger partial charge in [-0.05, 0) is 31.1 Å². The fraction of sp³-hybridized carbons (Fsp3) is 0.571. The largest absolute Gasteiger partial charge is 0.0848 e. The van der Waals surface area contributed by atoms with Gasteiger partial charge in [0.2, 0.25) is 0 Å². The van der Waals surface area contributed by atoms with Gasteiger partial charge in [0.05, 0.1) is 0 Å². The molecule has 2 aliphatic rings. The van der Waals surface area contributed by atoms with Crippen molar-refractivity contribution in [3.63, 3.8) is 0 Å². The Morgan fingerprint density at radius 2 is 1.57 bits per heavy atom. The zero-order valence-corrected chi connectivity index (χ0v) is 4.30. The summed E-state index contributed by atoms with van der Waals surface area (Å²) in [5, 5.41) is 0. The Kier molecular flexibility index (Phi) is 0.592. The normalized spacial score (nSPS) is 45.7. The molecule has 2 aliphatic carbocycles. The summed E-state index contributed by atoms with van der Waals surface area (Å²) in [5.41, 5.74) is 0. The zero-order chi connectivity index (χ0) is 4.69. The van der Waals surface area contributed by atoms with Crippen LogP contribution >= 0.6 is 0 Å². The molecule has 0 aromatic heterocycles. The van der Waals surface area contributed by atoms with Gasteiger partial charge in [-0.1, -0.05) is 12.2 Å². The van der Waals surface area contributed by atoms with Crippen molar-refractivity contribution in [3.8, 4) is 0 Å². The summed E-state index contributed by atoms with van der Waals surface area (Å²) in [6, 6.07) is 0. The van der Waals surface area contributed by atoms with Crippen molar-refractivity contribution >= 4 is 0 Å². The topological polar surface area (TPSA) is 0 Å². The molecule has 1 radical (unpaired) electrons. The van der Waals surface area contributed by atoms with Gasteiger partial charge >= 0.3 is 0 Å². The van der Waals surface area contributed by atoms with Gasteiger partial charge < -0.3 is 0 Å². The molecule has 1 saturated carbocycles. The third-order valence-electron chi connectivity index (χ3n) is 1.93. The Labute approximate surface area is 44.2 Å². The van der Waals surface area contributed by atoms with E-state index in [0.717, 1.165) is 11.8 Å². The van der Waals surface area contributed by atoms with Crippen LogP contribution in [0.3, 0.4) is 0 Å². The maximum atomic E-state index is 2.44. The summed E-state index contributed by atoms with van der Waals surface area (Å²) in [6.07, 6.45) is 9.94. The van der Waals surface area contributed by atoms with E-state index in [0.29, 0.717) is 0 Å². The highest BCUT2D eigenvalue weighted by Gasteiger charge is 2.25. The van der Waals surface area contributed by atoms with Gasteiger partial charge in [0.1, 0.15) is 0 Å². The minimum absolute atomic E-state index is 0.866. The zero-order valence-electron chi connectivity index (χ0n) is 4.30. The molecule has 0 aromatic rings. The number of hydrogen-bond acceptors (Lipinski definition) is 0. The first kappa shape index (κ1) is 3.71. The van der Waals surface area contributed by atoms with E-state index in [4.69, 9.17) is 0 Å². The van der Waals surface area contributed by atoms with Gasteiger partial charge in [-0.15, -0.1) is 0 Å². The Morgan fingerprint density at radius 1 is 1.00 bits per heavy atom. The predicted octanol–water partition coefficient (Wildman–Crippen LogP) is 1.79. The van der Waals surface area contributed by atoms with E-state index in [1.54, 1.807) is 0 Å². The molecule has 0 spiro atoms. The maximum Gasteiger partial charge on any atom is -0.0196 e. The Bertz CT molecular complexity index is 90.6. The van der Waals surface area contributed by atoms with Crippen LogP contribution in [0.25, 0.3) is 0 Å². The average molecular weight is 93.1 g/mol. The average Bonchev–Trinajstić information content (AvgIpc) is 2.22. The van der Waals surface area contributed by atoms with Gasteiger partial charge in [-0.2, -0.15) is 0 Å². The molecular weight excluding hydrogens is 84.1 g/mol. The fourth-order valence-electron chi connectivity index (χ4n) is 1.50. The van der Waals surface area contributed by atoms with Crippen molar-refractivity contribution in [2.75, 3.05) is 0 Å². The van der Waals surface area contributed by atoms with Crippen molar-refractivity contribution in [1.29, 1.82) is 0 Å². The maximum absolute atomic E-state index is 2.44. The highest BCUT2D eigenvalue weighted by Crippen LogP contribution is 2.37. The molecule has 2 rings (SSSR count). The van der Waals surface area contributed by atoms with E-state index in [1.807, 2.05) is 0 Å². The van der Waals surface area contributed by atoms with Crippen LogP contribution in [0, 0.1) is 18.3 Å². The minimum atomic E-state index is 0.866. The summed E-state index contributed by atoms with van der Waals surface area (Å²) in [7, 11) is 0. The van der Waals surface area contributed by atoms with Crippen molar-refractivity contribution in [3.05, 3.63) is 18.6 Å². The summed E-state index contributed by atoms with van der Waals surface area (Å²) >= 11 is 0. The van der Waals surface area contributed by atoms with Crippen LogP contribution in [0.1, 0.15) is 12.8 Å². The highest BCUT2D eigenvalue weighted by atomic mass is 14.3. The quantitative estimate of drug-likeness (QED) is 0.400. The second-order valence-corrected chi connectivity index (χ2v) is 2.48. The Balaban J connectivity index is 2.27. The van der Waals surface area contributed by atoms with E-state index in [1.165, 1.54) is 12.8 Å². The predicted molar refractivity (Wildman–Crippen MR) is 29.7 cm³/mol. The Hall–Kier alpha value is -0.260. The van der Waals surface area contributed by atoms with E-state index >= 15 is 0 Å². The lowest BCUT2D eigenvalue weighted by Gasteiger charge is -1.96. The molecule has 2 bridgehead atoms. The van der Waals surface area contributed by atoms with Crippen molar-refractivity contribution < 1.29 is 0 Å². The molecule has 0 aliphatic heterocycles. The van der Waals surface area contributed by atoms with E-state index in [9.17, 15) is 0 Å². The molecular formula is C7H9.